The lowest BCUT2D eigenvalue weighted by atomic mass is 9.78. The minimum atomic E-state index is -4.69. The number of alkyl halides is 3. The van der Waals surface area contributed by atoms with Crippen LogP contribution in [0.1, 0.15) is 12.0 Å². The molecule has 1 fully saturated rings. The molecule has 106 valence electrons. The van der Waals surface area contributed by atoms with Gasteiger partial charge in [0.15, 0.2) is 5.82 Å². The third-order valence-corrected chi connectivity index (χ3v) is 3.92. The third kappa shape index (κ3) is 2.19. The highest BCUT2D eigenvalue weighted by Crippen LogP contribution is 2.48. The summed E-state index contributed by atoms with van der Waals surface area (Å²) in [6.07, 6.45) is -5.05. The molecular formula is C11H8Cl2F5N. The van der Waals surface area contributed by atoms with E-state index in [9.17, 15) is 22.0 Å². The van der Waals surface area contributed by atoms with Crippen molar-refractivity contribution in [1.82, 2.24) is 5.32 Å². The normalized spacial score (nSPS) is 23.9. The summed E-state index contributed by atoms with van der Waals surface area (Å²) in [7, 11) is 0. The molecule has 8 heteroatoms. The van der Waals surface area contributed by atoms with Crippen molar-refractivity contribution in [3.05, 3.63) is 33.3 Å². The largest absolute Gasteiger partial charge is 0.399 e. The van der Waals surface area contributed by atoms with Crippen molar-refractivity contribution in [2.45, 2.75) is 18.0 Å². The fourth-order valence-corrected chi connectivity index (χ4v) is 2.69. The van der Waals surface area contributed by atoms with Crippen LogP contribution in [-0.2, 0) is 5.41 Å². The molecule has 0 radical (unpaired) electrons. The van der Waals surface area contributed by atoms with Crippen molar-refractivity contribution in [2.24, 2.45) is 0 Å². The fraction of sp³-hybridized carbons (Fsp3) is 0.455. The maximum atomic E-state index is 13.9. The van der Waals surface area contributed by atoms with E-state index in [4.69, 9.17) is 23.2 Å². The van der Waals surface area contributed by atoms with Crippen LogP contribution < -0.4 is 5.32 Å². The Morgan fingerprint density at radius 2 is 1.79 bits per heavy atom. The molecule has 0 spiro atoms. The standard InChI is InChI=1S/C11H8Cl2F5N/c12-6-3-5(8(14)7(13)9(6)15)10(11(16,17)18)1-2-19-4-10/h3,19H,1-2,4H2. The van der Waals surface area contributed by atoms with Crippen molar-refractivity contribution >= 4 is 23.2 Å². The van der Waals surface area contributed by atoms with E-state index in [-0.39, 0.29) is 13.0 Å². The SMILES string of the molecule is Fc1c(Cl)cc(C2(C(F)(F)F)CCNC2)c(F)c1Cl. The third-order valence-electron chi connectivity index (χ3n) is 3.32. The van der Waals surface area contributed by atoms with Gasteiger partial charge in [-0.3, -0.25) is 0 Å². The van der Waals surface area contributed by atoms with Gasteiger partial charge in [0.1, 0.15) is 16.3 Å². The summed E-state index contributed by atoms with van der Waals surface area (Å²) in [5, 5.41) is 0.889. The summed E-state index contributed by atoms with van der Waals surface area (Å²) in [5.74, 6) is -2.67. The highest BCUT2D eigenvalue weighted by atomic mass is 35.5. The average Bonchev–Trinajstić information content (AvgIpc) is 2.81. The molecule has 1 aliphatic rings. The molecule has 1 aromatic carbocycles. The quantitative estimate of drug-likeness (QED) is 0.467. The van der Waals surface area contributed by atoms with Gasteiger partial charge in [0.25, 0.3) is 0 Å². The molecule has 1 aliphatic heterocycles. The molecule has 1 N–H and O–H groups in total. The number of benzene rings is 1. The van der Waals surface area contributed by atoms with Crippen LogP contribution in [-0.4, -0.2) is 19.3 Å². The maximum Gasteiger partial charge on any atom is 0.399 e. The highest BCUT2D eigenvalue weighted by Gasteiger charge is 2.58. The topological polar surface area (TPSA) is 12.0 Å². The Bertz CT molecular complexity index is 509. The van der Waals surface area contributed by atoms with Gasteiger partial charge < -0.3 is 5.32 Å². The molecule has 1 nitrogen and oxygen atoms in total. The summed E-state index contributed by atoms with van der Waals surface area (Å²) in [6.45, 7) is -0.419. The van der Waals surface area contributed by atoms with Crippen molar-refractivity contribution in [2.75, 3.05) is 13.1 Å². The molecule has 0 amide bonds. The van der Waals surface area contributed by atoms with Crippen molar-refractivity contribution in [1.29, 1.82) is 0 Å². The lowest BCUT2D eigenvalue weighted by Gasteiger charge is -2.32. The first-order valence-corrected chi connectivity index (χ1v) is 6.07. The second-order valence-corrected chi connectivity index (χ2v) is 5.14. The zero-order chi connectivity index (χ0) is 14.4. The van der Waals surface area contributed by atoms with E-state index < -0.39 is 45.4 Å². The van der Waals surface area contributed by atoms with Gasteiger partial charge in [-0.25, -0.2) is 8.78 Å². The van der Waals surface area contributed by atoms with E-state index >= 15 is 0 Å². The van der Waals surface area contributed by atoms with Gasteiger partial charge in [0.2, 0.25) is 0 Å². The molecule has 19 heavy (non-hydrogen) atoms. The monoisotopic (exact) mass is 319 g/mol. The Kier molecular flexibility index (Phi) is 3.70. The van der Waals surface area contributed by atoms with Gasteiger partial charge in [0, 0.05) is 12.1 Å². The number of halogens is 7. The molecule has 1 saturated heterocycles. The second-order valence-electron chi connectivity index (χ2n) is 4.35. The van der Waals surface area contributed by atoms with E-state index in [1.165, 1.54) is 0 Å². The highest BCUT2D eigenvalue weighted by molar-refractivity contribution is 6.35. The van der Waals surface area contributed by atoms with Crippen molar-refractivity contribution < 1.29 is 22.0 Å². The van der Waals surface area contributed by atoms with Gasteiger partial charge in [0.05, 0.1) is 5.02 Å². The molecule has 1 atom stereocenters. The second kappa shape index (κ2) is 4.75. The van der Waals surface area contributed by atoms with Gasteiger partial charge in [-0.1, -0.05) is 23.2 Å². The Labute approximate surface area is 115 Å². The first-order valence-electron chi connectivity index (χ1n) is 5.31. The minimum Gasteiger partial charge on any atom is -0.315 e. The fourth-order valence-electron chi connectivity index (χ4n) is 2.24. The lowest BCUT2D eigenvalue weighted by Crippen LogP contribution is -2.45. The van der Waals surface area contributed by atoms with Crippen LogP contribution in [0.3, 0.4) is 0 Å². The molecular weight excluding hydrogens is 312 g/mol. The van der Waals surface area contributed by atoms with Crippen LogP contribution in [0.4, 0.5) is 22.0 Å². The lowest BCUT2D eigenvalue weighted by molar-refractivity contribution is -0.185. The Morgan fingerprint density at radius 1 is 1.16 bits per heavy atom. The summed E-state index contributed by atoms with van der Waals surface area (Å²) >= 11 is 10.8. The van der Waals surface area contributed by atoms with Crippen LogP contribution in [0.25, 0.3) is 0 Å². The average molecular weight is 320 g/mol. The van der Waals surface area contributed by atoms with Crippen molar-refractivity contribution in [3.8, 4) is 0 Å². The van der Waals surface area contributed by atoms with Crippen LogP contribution in [0, 0.1) is 11.6 Å². The number of nitrogens with one attached hydrogen (secondary N) is 1. The van der Waals surface area contributed by atoms with Gasteiger partial charge >= 0.3 is 6.18 Å². The van der Waals surface area contributed by atoms with Crippen LogP contribution in [0.5, 0.6) is 0 Å². The van der Waals surface area contributed by atoms with E-state index in [1.807, 2.05) is 0 Å². The minimum absolute atomic E-state index is 0.0750. The first-order chi connectivity index (χ1) is 8.71. The maximum absolute atomic E-state index is 13.9. The zero-order valence-corrected chi connectivity index (χ0v) is 10.9. The molecule has 0 saturated carbocycles. The summed E-state index contributed by atoms with van der Waals surface area (Å²) < 4.78 is 67.0. The molecule has 0 bridgehead atoms. The van der Waals surface area contributed by atoms with E-state index in [1.54, 1.807) is 0 Å². The Balaban J connectivity index is 2.69. The van der Waals surface area contributed by atoms with E-state index in [2.05, 4.69) is 5.32 Å². The summed E-state index contributed by atoms with van der Waals surface area (Å²) in [6, 6.07) is 0.665. The molecule has 0 aromatic heterocycles. The van der Waals surface area contributed by atoms with Gasteiger partial charge in [-0.05, 0) is 19.0 Å². The predicted octanol–water partition coefficient (Wildman–Crippen LogP) is 4.07. The van der Waals surface area contributed by atoms with E-state index in [0.717, 1.165) is 0 Å². The summed E-state index contributed by atoms with van der Waals surface area (Å²) in [5.41, 5.74) is -3.15. The van der Waals surface area contributed by atoms with Gasteiger partial charge in [-0.2, -0.15) is 13.2 Å². The van der Waals surface area contributed by atoms with Crippen molar-refractivity contribution in [3.63, 3.8) is 0 Å². The zero-order valence-electron chi connectivity index (χ0n) is 9.34. The number of hydrogen-bond acceptors (Lipinski definition) is 1. The smallest absolute Gasteiger partial charge is 0.315 e. The molecule has 1 heterocycles. The molecule has 0 aliphatic carbocycles. The Morgan fingerprint density at radius 3 is 2.26 bits per heavy atom. The van der Waals surface area contributed by atoms with Crippen LogP contribution in [0.2, 0.25) is 10.0 Å². The predicted molar refractivity (Wildman–Crippen MR) is 61.6 cm³/mol. The van der Waals surface area contributed by atoms with Crippen LogP contribution in [0.15, 0.2) is 6.07 Å². The molecule has 2 rings (SSSR count). The van der Waals surface area contributed by atoms with Gasteiger partial charge in [-0.15, -0.1) is 0 Å². The Hall–Kier alpha value is -0.590. The first kappa shape index (κ1) is 14.8. The number of hydrogen-bond donors (Lipinski definition) is 1. The summed E-state index contributed by atoms with van der Waals surface area (Å²) in [4.78, 5) is 0. The molecule has 1 unspecified atom stereocenters. The molecule has 1 aromatic rings. The number of rotatable bonds is 1. The van der Waals surface area contributed by atoms with E-state index in [0.29, 0.717) is 6.07 Å². The van der Waals surface area contributed by atoms with Crippen LogP contribution >= 0.6 is 23.2 Å².